The van der Waals surface area contributed by atoms with E-state index >= 15 is 0 Å². The number of rotatable bonds is 3. The molecule has 0 aromatic heterocycles. The van der Waals surface area contributed by atoms with Crippen molar-refractivity contribution < 1.29 is 14.4 Å². The highest BCUT2D eigenvalue weighted by molar-refractivity contribution is 5.94. The van der Waals surface area contributed by atoms with E-state index < -0.39 is 0 Å². The van der Waals surface area contributed by atoms with Gasteiger partial charge in [-0.05, 0) is 25.5 Å². The molecule has 0 unspecified atom stereocenters. The van der Waals surface area contributed by atoms with Crippen LogP contribution in [0.1, 0.15) is 29.3 Å². The van der Waals surface area contributed by atoms with Gasteiger partial charge in [0.05, 0.1) is 6.54 Å². The average Bonchev–Trinajstić information content (AvgIpc) is 2.93. The van der Waals surface area contributed by atoms with Crippen LogP contribution in [0.2, 0.25) is 0 Å². The number of amides is 3. The first-order chi connectivity index (χ1) is 13.4. The normalized spacial score (nSPS) is 18.7. The minimum atomic E-state index is 0.0669. The van der Waals surface area contributed by atoms with Gasteiger partial charge in [0.25, 0.3) is 5.91 Å². The second-order valence-electron chi connectivity index (χ2n) is 7.68. The van der Waals surface area contributed by atoms with Crippen molar-refractivity contribution >= 4 is 17.7 Å². The van der Waals surface area contributed by atoms with Gasteiger partial charge in [-0.15, -0.1) is 0 Å². The maximum atomic E-state index is 12.8. The zero-order chi connectivity index (χ0) is 20.1. The fourth-order valence-corrected chi connectivity index (χ4v) is 3.85. The van der Waals surface area contributed by atoms with Crippen molar-refractivity contribution in [3.8, 4) is 0 Å². The largest absolute Gasteiger partial charge is 0.339 e. The molecule has 2 saturated heterocycles. The van der Waals surface area contributed by atoms with E-state index in [9.17, 15) is 14.4 Å². The van der Waals surface area contributed by atoms with Crippen LogP contribution >= 0.6 is 0 Å². The highest BCUT2D eigenvalue weighted by atomic mass is 16.2. The summed E-state index contributed by atoms with van der Waals surface area (Å²) < 4.78 is 0. The molecule has 0 radical (unpaired) electrons. The van der Waals surface area contributed by atoms with Crippen LogP contribution in [-0.2, 0) is 9.59 Å². The summed E-state index contributed by atoms with van der Waals surface area (Å²) in [4.78, 5) is 44.5. The van der Waals surface area contributed by atoms with Gasteiger partial charge in [0.1, 0.15) is 0 Å². The van der Waals surface area contributed by atoms with Crippen molar-refractivity contribution in [1.82, 2.24) is 19.6 Å². The number of benzene rings is 1. The lowest BCUT2D eigenvalue weighted by atomic mass is 10.1. The third-order valence-corrected chi connectivity index (χ3v) is 5.58. The lowest BCUT2D eigenvalue weighted by molar-refractivity contribution is -0.139. The maximum Gasteiger partial charge on any atom is 0.253 e. The van der Waals surface area contributed by atoms with Crippen LogP contribution in [0.3, 0.4) is 0 Å². The number of hydrogen-bond donors (Lipinski definition) is 0. The van der Waals surface area contributed by atoms with Crippen LogP contribution in [-0.4, -0.2) is 96.2 Å². The van der Waals surface area contributed by atoms with Gasteiger partial charge in [-0.2, -0.15) is 0 Å². The summed E-state index contributed by atoms with van der Waals surface area (Å²) in [6.45, 7) is 9.24. The zero-order valence-corrected chi connectivity index (χ0v) is 16.9. The molecule has 7 nitrogen and oxygen atoms in total. The first kappa shape index (κ1) is 20.3. The Labute approximate surface area is 166 Å². The Balaban J connectivity index is 1.49. The Morgan fingerprint density at radius 2 is 1.54 bits per heavy atom. The second-order valence-corrected chi connectivity index (χ2v) is 7.68. The highest BCUT2D eigenvalue weighted by Gasteiger charge is 2.25. The summed E-state index contributed by atoms with van der Waals surface area (Å²) in [5, 5.41) is 0. The first-order valence-electron chi connectivity index (χ1n) is 10.1. The van der Waals surface area contributed by atoms with Gasteiger partial charge in [0, 0.05) is 64.8 Å². The molecule has 28 heavy (non-hydrogen) atoms. The molecular formula is C21H30N4O3. The summed E-state index contributed by atoms with van der Waals surface area (Å²) in [5.74, 6) is 0.247. The summed E-state index contributed by atoms with van der Waals surface area (Å²) in [7, 11) is 0. The van der Waals surface area contributed by atoms with E-state index in [2.05, 4.69) is 4.90 Å². The van der Waals surface area contributed by atoms with Gasteiger partial charge in [0.2, 0.25) is 11.8 Å². The van der Waals surface area contributed by atoms with Crippen molar-refractivity contribution in [2.45, 2.75) is 20.3 Å². The average molecular weight is 386 g/mol. The smallest absolute Gasteiger partial charge is 0.253 e. The molecule has 0 saturated carbocycles. The van der Waals surface area contributed by atoms with E-state index in [4.69, 9.17) is 0 Å². The Morgan fingerprint density at radius 1 is 0.857 bits per heavy atom. The molecule has 3 amide bonds. The topological polar surface area (TPSA) is 64.2 Å². The summed E-state index contributed by atoms with van der Waals surface area (Å²) in [5.41, 5.74) is 1.81. The third kappa shape index (κ3) is 5.10. The van der Waals surface area contributed by atoms with Crippen LogP contribution in [0.4, 0.5) is 0 Å². The monoisotopic (exact) mass is 386 g/mol. The van der Waals surface area contributed by atoms with E-state index in [0.29, 0.717) is 45.8 Å². The molecule has 3 rings (SSSR count). The SMILES string of the molecule is CC(=O)N1CCN(C(=O)CN2CCCN(C(=O)c3cccc(C)c3)CC2)CC1. The lowest BCUT2D eigenvalue weighted by Gasteiger charge is -2.35. The molecule has 7 heteroatoms. The van der Waals surface area contributed by atoms with Gasteiger partial charge in [-0.3, -0.25) is 19.3 Å². The molecule has 0 N–H and O–H groups in total. The number of nitrogens with zero attached hydrogens (tertiary/aromatic N) is 4. The van der Waals surface area contributed by atoms with Crippen molar-refractivity contribution in [3.63, 3.8) is 0 Å². The van der Waals surface area contributed by atoms with Crippen molar-refractivity contribution in [2.24, 2.45) is 0 Å². The first-order valence-corrected chi connectivity index (χ1v) is 10.1. The molecule has 152 valence electrons. The van der Waals surface area contributed by atoms with E-state index in [1.165, 1.54) is 0 Å². The number of aryl methyl sites for hydroxylation is 1. The standard InChI is InChI=1S/C21H30N4O3/c1-17-5-3-6-19(15-17)21(28)25-8-4-7-22(9-10-25)16-20(27)24-13-11-23(12-14-24)18(2)26/h3,5-6,15H,4,7-14,16H2,1-2H3. The predicted molar refractivity (Wildman–Crippen MR) is 107 cm³/mol. The van der Waals surface area contributed by atoms with Crippen LogP contribution in [0.5, 0.6) is 0 Å². The number of carbonyl (C=O) groups is 3. The summed E-state index contributed by atoms with van der Waals surface area (Å²) in [6, 6.07) is 7.69. The molecule has 2 aliphatic heterocycles. The van der Waals surface area contributed by atoms with Crippen LogP contribution < -0.4 is 0 Å². The Morgan fingerprint density at radius 3 is 2.21 bits per heavy atom. The van der Waals surface area contributed by atoms with E-state index in [1.807, 2.05) is 41.0 Å². The Hall–Kier alpha value is -2.41. The molecule has 2 aliphatic rings. The van der Waals surface area contributed by atoms with Gasteiger partial charge in [-0.25, -0.2) is 0 Å². The van der Waals surface area contributed by atoms with Gasteiger partial charge in [0.15, 0.2) is 0 Å². The predicted octanol–water partition coefficient (Wildman–Crippen LogP) is 0.834. The highest BCUT2D eigenvalue weighted by Crippen LogP contribution is 2.12. The van der Waals surface area contributed by atoms with E-state index in [-0.39, 0.29) is 17.7 Å². The van der Waals surface area contributed by atoms with Crippen molar-refractivity contribution in [2.75, 3.05) is 58.9 Å². The molecule has 1 aromatic carbocycles. The number of carbonyl (C=O) groups excluding carboxylic acids is 3. The quantitative estimate of drug-likeness (QED) is 0.772. The minimum Gasteiger partial charge on any atom is -0.339 e. The Bertz CT molecular complexity index is 728. The van der Waals surface area contributed by atoms with Crippen LogP contribution in [0.15, 0.2) is 24.3 Å². The van der Waals surface area contributed by atoms with Gasteiger partial charge in [-0.1, -0.05) is 17.7 Å². The van der Waals surface area contributed by atoms with Gasteiger partial charge < -0.3 is 14.7 Å². The molecule has 0 aliphatic carbocycles. The summed E-state index contributed by atoms with van der Waals surface area (Å²) >= 11 is 0. The molecule has 0 spiro atoms. The molecule has 0 bridgehead atoms. The third-order valence-electron chi connectivity index (χ3n) is 5.58. The number of hydrogen-bond acceptors (Lipinski definition) is 4. The van der Waals surface area contributed by atoms with Crippen LogP contribution in [0.25, 0.3) is 0 Å². The molecule has 1 aromatic rings. The van der Waals surface area contributed by atoms with E-state index in [1.54, 1.807) is 11.8 Å². The maximum absolute atomic E-state index is 12.8. The fraction of sp³-hybridized carbons (Fsp3) is 0.571. The fourth-order valence-electron chi connectivity index (χ4n) is 3.85. The van der Waals surface area contributed by atoms with E-state index in [0.717, 1.165) is 30.6 Å². The second kappa shape index (κ2) is 9.19. The van der Waals surface area contributed by atoms with Gasteiger partial charge >= 0.3 is 0 Å². The molecule has 2 heterocycles. The Kier molecular flexibility index (Phi) is 6.67. The minimum absolute atomic E-state index is 0.0669. The van der Waals surface area contributed by atoms with Crippen LogP contribution in [0, 0.1) is 6.92 Å². The summed E-state index contributed by atoms with van der Waals surface area (Å²) in [6.07, 6.45) is 0.864. The molecule has 0 atom stereocenters. The number of piperazine rings is 1. The van der Waals surface area contributed by atoms with Crippen molar-refractivity contribution in [1.29, 1.82) is 0 Å². The van der Waals surface area contributed by atoms with Crippen molar-refractivity contribution in [3.05, 3.63) is 35.4 Å². The zero-order valence-electron chi connectivity index (χ0n) is 16.9. The molecule has 2 fully saturated rings. The lowest BCUT2D eigenvalue weighted by Crippen LogP contribution is -2.52. The molecular weight excluding hydrogens is 356 g/mol.